The molecule has 0 aliphatic rings. The molecule has 3 rings (SSSR count). The number of aromatic nitrogens is 5. The first-order chi connectivity index (χ1) is 9.24. The number of thiazole rings is 1. The minimum Gasteiger partial charge on any atom is -0.323 e. The lowest BCUT2D eigenvalue weighted by Crippen LogP contribution is -2.02. The number of aryl methyl sites for hydroxylation is 2. The molecule has 6 heteroatoms. The van der Waals surface area contributed by atoms with Crippen molar-refractivity contribution in [3.8, 4) is 11.5 Å². The third-order valence-electron chi connectivity index (χ3n) is 2.89. The molecular formula is C13H13N5S. The lowest BCUT2D eigenvalue weighted by atomic mass is 10.4. The zero-order valence-electron chi connectivity index (χ0n) is 10.7. The largest absolute Gasteiger partial charge is 0.323 e. The Bertz CT molecular complexity index is 667. The predicted molar refractivity (Wildman–Crippen MR) is 73.9 cm³/mol. The standard InChI is InChI=1S/C13H13N5S/c1-9-10(2)19-12(17-9)8-18-6-5-16-13(18)11-7-14-3-4-15-11/h3-7H,8H2,1-2H3. The summed E-state index contributed by atoms with van der Waals surface area (Å²) in [5.41, 5.74) is 1.87. The fraction of sp³-hybridized carbons (Fsp3) is 0.231. The van der Waals surface area contributed by atoms with Gasteiger partial charge in [-0.05, 0) is 13.8 Å². The SMILES string of the molecule is Cc1nc(Cn2ccnc2-c2cnccn2)sc1C. The topological polar surface area (TPSA) is 56.5 Å². The van der Waals surface area contributed by atoms with Crippen LogP contribution in [0.15, 0.2) is 31.0 Å². The number of nitrogens with zero attached hydrogens (tertiary/aromatic N) is 5. The Morgan fingerprint density at radius 2 is 2.05 bits per heavy atom. The van der Waals surface area contributed by atoms with Crippen LogP contribution in [0.5, 0.6) is 0 Å². The Balaban J connectivity index is 1.93. The van der Waals surface area contributed by atoms with Crippen LogP contribution in [0.2, 0.25) is 0 Å². The lowest BCUT2D eigenvalue weighted by Gasteiger charge is -2.04. The monoisotopic (exact) mass is 271 g/mol. The summed E-state index contributed by atoms with van der Waals surface area (Å²) in [6.07, 6.45) is 8.76. The van der Waals surface area contributed by atoms with E-state index in [2.05, 4.69) is 26.9 Å². The van der Waals surface area contributed by atoms with Gasteiger partial charge in [-0.25, -0.2) is 15.0 Å². The van der Waals surface area contributed by atoms with Gasteiger partial charge in [-0.1, -0.05) is 0 Å². The third-order valence-corrected chi connectivity index (χ3v) is 3.94. The van der Waals surface area contributed by atoms with Gasteiger partial charge in [0.1, 0.15) is 10.7 Å². The number of hydrogen-bond acceptors (Lipinski definition) is 5. The van der Waals surface area contributed by atoms with E-state index in [1.54, 1.807) is 36.1 Å². The van der Waals surface area contributed by atoms with Crippen LogP contribution in [0, 0.1) is 13.8 Å². The summed E-state index contributed by atoms with van der Waals surface area (Å²) >= 11 is 1.72. The first-order valence-corrected chi connectivity index (χ1v) is 6.76. The molecule has 0 bridgehead atoms. The van der Waals surface area contributed by atoms with E-state index in [0.29, 0.717) is 6.54 Å². The molecule has 0 aliphatic heterocycles. The Morgan fingerprint density at radius 1 is 1.16 bits per heavy atom. The molecule has 3 heterocycles. The Kier molecular flexibility index (Phi) is 3.08. The van der Waals surface area contributed by atoms with Crippen molar-refractivity contribution >= 4 is 11.3 Å². The number of rotatable bonds is 3. The van der Waals surface area contributed by atoms with Crippen molar-refractivity contribution in [2.24, 2.45) is 0 Å². The Hall–Kier alpha value is -2.08. The van der Waals surface area contributed by atoms with Crippen molar-refractivity contribution in [3.63, 3.8) is 0 Å². The molecule has 0 saturated carbocycles. The van der Waals surface area contributed by atoms with Gasteiger partial charge in [0.25, 0.3) is 0 Å². The zero-order chi connectivity index (χ0) is 13.2. The second-order valence-corrected chi connectivity index (χ2v) is 5.51. The highest BCUT2D eigenvalue weighted by Crippen LogP contribution is 2.20. The van der Waals surface area contributed by atoms with Crippen molar-refractivity contribution in [2.45, 2.75) is 20.4 Å². The number of imidazole rings is 1. The highest BCUT2D eigenvalue weighted by atomic mass is 32.1. The highest BCUT2D eigenvalue weighted by molar-refractivity contribution is 7.11. The molecule has 0 radical (unpaired) electrons. The quantitative estimate of drug-likeness (QED) is 0.734. The summed E-state index contributed by atoms with van der Waals surface area (Å²) in [4.78, 5) is 18.5. The molecule has 0 saturated heterocycles. The Labute approximate surface area is 115 Å². The van der Waals surface area contributed by atoms with Crippen LogP contribution >= 0.6 is 11.3 Å². The van der Waals surface area contributed by atoms with Crippen molar-refractivity contribution in [2.75, 3.05) is 0 Å². The molecule has 0 amide bonds. The van der Waals surface area contributed by atoms with Gasteiger partial charge in [-0.15, -0.1) is 11.3 Å². The van der Waals surface area contributed by atoms with Gasteiger partial charge in [-0.3, -0.25) is 4.98 Å². The van der Waals surface area contributed by atoms with Crippen LogP contribution in [0.25, 0.3) is 11.5 Å². The van der Waals surface area contributed by atoms with Gasteiger partial charge in [0, 0.05) is 29.7 Å². The second-order valence-electron chi connectivity index (χ2n) is 4.22. The van der Waals surface area contributed by atoms with E-state index < -0.39 is 0 Å². The predicted octanol–water partition coefficient (Wildman–Crippen LogP) is 2.46. The van der Waals surface area contributed by atoms with Crippen LogP contribution in [-0.4, -0.2) is 24.5 Å². The number of hydrogen-bond donors (Lipinski definition) is 0. The molecule has 3 aromatic rings. The molecule has 0 fully saturated rings. The van der Waals surface area contributed by atoms with Crippen LogP contribution in [0.3, 0.4) is 0 Å². The summed E-state index contributed by atoms with van der Waals surface area (Å²) in [5, 5.41) is 1.08. The van der Waals surface area contributed by atoms with Gasteiger partial charge in [0.05, 0.1) is 18.4 Å². The van der Waals surface area contributed by atoms with Crippen molar-refractivity contribution in [1.82, 2.24) is 24.5 Å². The van der Waals surface area contributed by atoms with Gasteiger partial charge in [-0.2, -0.15) is 0 Å². The fourth-order valence-corrected chi connectivity index (χ4v) is 2.77. The van der Waals surface area contributed by atoms with E-state index in [9.17, 15) is 0 Å². The highest BCUT2D eigenvalue weighted by Gasteiger charge is 2.10. The van der Waals surface area contributed by atoms with E-state index in [1.165, 1.54) is 4.88 Å². The van der Waals surface area contributed by atoms with E-state index in [4.69, 9.17) is 0 Å². The summed E-state index contributed by atoms with van der Waals surface area (Å²) in [5.74, 6) is 0.818. The van der Waals surface area contributed by atoms with Crippen LogP contribution in [-0.2, 0) is 6.54 Å². The minimum atomic E-state index is 0.714. The van der Waals surface area contributed by atoms with Crippen LogP contribution in [0.4, 0.5) is 0 Å². The molecule has 0 N–H and O–H groups in total. The van der Waals surface area contributed by atoms with E-state index in [1.807, 2.05) is 17.7 Å². The maximum absolute atomic E-state index is 4.55. The molecule has 19 heavy (non-hydrogen) atoms. The molecule has 0 atom stereocenters. The van der Waals surface area contributed by atoms with E-state index >= 15 is 0 Å². The van der Waals surface area contributed by atoms with Crippen molar-refractivity contribution < 1.29 is 0 Å². The molecule has 0 aliphatic carbocycles. The maximum atomic E-state index is 4.55. The first kappa shape index (κ1) is 12.0. The summed E-state index contributed by atoms with van der Waals surface area (Å²) in [6, 6.07) is 0. The average Bonchev–Trinajstić information content (AvgIpc) is 2.99. The minimum absolute atomic E-state index is 0.714. The molecule has 96 valence electrons. The second kappa shape index (κ2) is 4.89. The lowest BCUT2D eigenvalue weighted by molar-refractivity contribution is 0.793. The maximum Gasteiger partial charge on any atom is 0.160 e. The molecule has 0 spiro atoms. The van der Waals surface area contributed by atoms with Crippen molar-refractivity contribution in [3.05, 3.63) is 46.6 Å². The van der Waals surface area contributed by atoms with Crippen LogP contribution in [0.1, 0.15) is 15.6 Å². The summed E-state index contributed by atoms with van der Waals surface area (Å²) in [6.45, 7) is 4.84. The third kappa shape index (κ3) is 2.39. The summed E-state index contributed by atoms with van der Waals surface area (Å²) in [7, 11) is 0. The first-order valence-electron chi connectivity index (χ1n) is 5.94. The smallest absolute Gasteiger partial charge is 0.160 e. The van der Waals surface area contributed by atoms with Gasteiger partial charge in [0.15, 0.2) is 5.82 Å². The molecule has 5 nitrogen and oxygen atoms in total. The fourth-order valence-electron chi connectivity index (χ4n) is 1.84. The van der Waals surface area contributed by atoms with E-state index in [0.717, 1.165) is 22.2 Å². The van der Waals surface area contributed by atoms with Gasteiger partial charge < -0.3 is 4.57 Å². The van der Waals surface area contributed by atoms with Crippen LogP contribution < -0.4 is 0 Å². The van der Waals surface area contributed by atoms with Gasteiger partial charge in [0.2, 0.25) is 0 Å². The molecule has 0 unspecified atom stereocenters. The average molecular weight is 271 g/mol. The summed E-state index contributed by atoms with van der Waals surface area (Å²) < 4.78 is 2.04. The molecular weight excluding hydrogens is 258 g/mol. The normalized spacial score (nSPS) is 10.8. The van der Waals surface area contributed by atoms with E-state index in [-0.39, 0.29) is 0 Å². The zero-order valence-corrected chi connectivity index (χ0v) is 11.6. The molecule has 3 aromatic heterocycles. The molecule has 0 aromatic carbocycles. The Morgan fingerprint density at radius 3 is 2.74 bits per heavy atom. The van der Waals surface area contributed by atoms with Crippen molar-refractivity contribution in [1.29, 1.82) is 0 Å². The van der Waals surface area contributed by atoms with Gasteiger partial charge >= 0.3 is 0 Å².